The van der Waals surface area contributed by atoms with Gasteiger partial charge in [0.2, 0.25) is 17.7 Å². The first-order chi connectivity index (χ1) is 15.7. The topological polar surface area (TPSA) is 114 Å². The van der Waals surface area contributed by atoms with Crippen molar-refractivity contribution in [3.63, 3.8) is 0 Å². The van der Waals surface area contributed by atoms with E-state index in [9.17, 15) is 19.2 Å². The van der Waals surface area contributed by atoms with Gasteiger partial charge in [-0.2, -0.15) is 0 Å². The fourth-order valence-electron chi connectivity index (χ4n) is 4.51. The van der Waals surface area contributed by atoms with E-state index in [1.807, 2.05) is 27.7 Å². The van der Waals surface area contributed by atoms with E-state index in [1.165, 1.54) is 0 Å². The van der Waals surface area contributed by atoms with Crippen LogP contribution >= 0.6 is 0 Å². The molecule has 2 bridgehead atoms. The van der Waals surface area contributed by atoms with E-state index in [0.717, 1.165) is 38.5 Å². The molecule has 0 aromatic heterocycles. The maximum atomic E-state index is 13.1. The van der Waals surface area contributed by atoms with Crippen molar-refractivity contribution in [2.75, 3.05) is 0 Å². The van der Waals surface area contributed by atoms with Gasteiger partial charge in [-0.25, -0.2) is 4.79 Å². The number of nitrogens with one attached hydrogen (secondary N) is 3. The first-order valence-electron chi connectivity index (χ1n) is 12.8. The molecule has 2 rings (SSSR count). The molecule has 188 valence electrons. The van der Waals surface area contributed by atoms with Crippen molar-refractivity contribution in [2.24, 2.45) is 11.8 Å². The van der Waals surface area contributed by atoms with Crippen molar-refractivity contribution in [3.8, 4) is 0 Å². The van der Waals surface area contributed by atoms with Gasteiger partial charge in [-0.3, -0.25) is 14.4 Å². The quantitative estimate of drug-likeness (QED) is 0.555. The number of hydrogen-bond donors (Lipinski definition) is 3. The zero-order valence-electron chi connectivity index (χ0n) is 20.8. The number of carbonyl (C=O) groups is 4. The second-order valence-corrected chi connectivity index (χ2v) is 10.1. The van der Waals surface area contributed by atoms with Gasteiger partial charge in [0.1, 0.15) is 18.2 Å². The summed E-state index contributed by atoms with van der Waals surface area (Å²) >= 11 is 0. The Kier molecular flexibility index (Phi) is 11.1. The van der Waals surface area contributed by atoms with E-state index in [2.05, 4.69) is 16.0 Å². The van der Waals surface area contributed by atoms with Gasteiger partial charge in [-0.1, -0.05) is 53.4 Å². The highest BCUT2D eigenvalue weighted by atomic mass is 16.5. The molecule has 8 nitrogen and oxygen atoms in total. The Bertz CT molecular complexity index is 681. The van der Waals surface area contributed by atoms with Crippen LogP contribution in [0.1, 0.15) is 98.3 Å². The summed E-state index contributed by atoms with van der Waals surface area (Å²) in [6.07, 6.45) is 7.79. The highest BCUT2D eigenvalue weighted by molar-refractivity contribution is 5.91. The van der Waals surface area contributed by atoms with Crippen LogP contribution in [0.5, 0.6) is 0 Å². The van der Waals surface area contributed by atoms with Crippen LogP contribution in [0, 0.1) is 11.8 Å². The lowest BCUT2D eigenvalue weighted by molar-refractivity contribution is -0.154. The molecule has 1 saturated carbocycles. The Labute approximate surface area is 198 Å². The highest BCUT2D eigenvalue weighted by Gasteiger charge is 2.35. The van der Waals surface area contributed by atoms with Crippen molar-refractivity contribution in [3.05, 3.63) is 0 Å². The molecular weight excluding hydrogens is 422 g/mol. The van der Waals surface area contributed by atoms with Crippen molar-refractivity contribution in [1.29, 1.82) is 0 Å². The van der Waals surface area contributed by atoms with Gasteiger partial charge < -0.3 is 20.7 Å². The Morgan fingerprint density at radius 3 is 2.03 bits per heavy atom. The summed E-state index contributed by atoms with van der Waals surface area (Å²) in [5, 5.41) is 8.79. The van der Waals surface area contributed by atoms with E-state index < -0.39 is 18.1 Å². The first kappa shape index (κ1) is 27.1. The molecule has 2 fully saturated rings. The molecule has 1 heterocycles. The number of ether oxygens (including phenoxy) is 1. The summed E-state index contributed by atoms with van der Waals surface area (Å²) in [5.74, 6) is -1.13. The number of esters is 1. The standard InChI is InChI=1S/C25H43N3O5/c1-5-17(4)23-25(32)33-19-14-13-18(15-19)26-20(29)11-9-7-6-8-10-12-21(30)27-22(16(2)3)24(31)28-23/h16-19,22-23H,5-15H2,1-4H3,(H,26,29)(H,27,30)(H,28,31)/t17-,18+,19+,22-,23-/m0/s1. The molecular formula is C25H43N3O5. The largest absolute Gasteiger partial charge is 0.461 e. The molecule has 8 heteroatoms. The predicted molar refractivity (Wildman–Crippen MR) is 126 cm³/mol. The number of fused-ring (bicyclic) bond motifs is 2. The Morgan fingerprint density at radius 2 is 1.42 bits per heavy atom. The second kappa shape index (κ2) is 13.6. The van der Waals surface area contributed by atoms with E-state index >= 15 is 0 Å². The van der Waals surface area contributed by atoms with Gasteiger partial charge in [0.25, 0.3) is 0 Å². The van der Waals surface area contributed by atoms with Gasteiger partial charge in [0.15, 0.2) is 0 Å². The van der Waals surface area contributed by atoms with Gasteiger partial charge >= 0.3 is 5.97 Å². The average molecular weight is 466 g/mol. The number of rotatable bonds is 3. The molecule has 0 unspecified atom stereocenters. The molecule has 0 spiro atoms. The highest BCUT2D eigenvalue weighted by Crippen LogP contribution is 2.24. The Balaban J connectivity index is 2.13. The normalized spacial score (nSPS) is 30.1. The minimum absolute atomic E-state index is 0.0260. The van der Waals surface area contributed by atoms with E-state index in [-0.39, 0.29) is 41.7 Å². The predicted octanol–water partition coefficient (Wildman–Crippen LogP) is 2.98. The van der Waals surface area contributed by atoms with Gasteiger partial charge in [0.05, 0.1) is 0 Å². The lowest BCUT2D eigenvalue weighted by atomic mass is 9.97. The third-order valence-electron chi connectivity index (χ3n) is 6.87. The molecule has 3 amide bonds. The fraction of sp³-hybridized carbons (Fsp3) is 0.840. The summed E-state index contributed by atoms with van der Waals surface area (Å²) in [7, 11) is 0. The van der Waals surface area contributed by atoms with Crippen LogP contribution in [0.4, 0.5) is 0 Å². The fourth-order valence-corrected chi connectivity index (χ4v) is 4.51. The molecule has 2 aliphatic rings. The van der Waals surface area contributed by atoms with Gasteiger partial charge in [-0.05, 0) is 37.5 Å². The molecule has 0 aromatic carbocycles. The number of carbonyl (C=O) groups excluding carboxylic acids is 4. The second-order valence-electron chi connectivity index (χ2n) is 10.1. The molecule has 1 aliphatic carbocycles. The molecule has 1 aliphatic heterocycles. The molecule has 33 heavy (non-hydrogen) atoms. The number of hydrogen-bond acceptors (Lipinski definition) is 5. The van der Waals surface area contributed by atoms with Crippen LogP contribution in [-0.2, 0) is 23.9 Å². The molecule has 0 radical (unpaired) electrons. The van der Waals surface area contributed by atoms with Crippen molar-refractivity contribution < 1.29 is 23.9 Å². The molecule has 3 N–H and O–H groups in total. The summed E-state index contributed by atoms with van der Waals surface area (Å²) in [6, 6.07) is -1.45. The first-order valence-corrected chi connectivity index (χ1v) is 12.8. The summed E-state index contributed by atoms with van der Waals surface area (Å²) in [6.45, 7) is 7.63. The summed E-state index contributed by atoms with van der Waals surface area (Å²) in [5.41, 5.74) is 0. The van der Waals surface area contributed by atoms with Crippen LogP contribution in [0.3, 0.4) is 0 Å². The monoisotopic (exact) mass is 465 g/mol. The Hall–Kier alpha value is -2.12. The minimum Gasteiger partial charge on any atom is -0.461 e. The van der Waals surface area contributed by atoms with Crippen molar-refractivity contribution in [1.82, 2.24) is 16.0 Å². The van der Waals surface area contributed by atoms with Gasteiger partial charge in [0, 0.05) is 25.3 Å². The van der Waals surface area contributed by atoms with Crippen LogP contribution in [0.25, 0.3) is 0 Å². The smallest absolute Gasteiger partial charge is 0.329 e. The van der Waals surface area contributed by atoms with Crippen LogP contribution < -0.4 is 16.0 Å². The SMILES string of the molecule is CC[C@H](C)[C@@H]1NC(=O)[C@H](C(C)C)NC(=O)CCCCCCCC(=O)N[C@@H]2CC[C@H](C2)OC1=O. The third-order valence-corrected chi connectivity index (χ3v) is 6.87. The maximum absolute atomic E-state index is 13.1. The lowest BCUT2D eigenvalue weighted by Gasteiger charge is -2.28. The van der Waals surface area contributed by atoms with Crippen LogP contribution in [-0.4, -0.2) is 47.9 Å². The lowest BCUT2D eigenvalue weighted by Crippen LogP contribution is -2.55. The van der Waals surface area contributed by atoms with E-state index in [0.29, 0.717) is 32.1 Å². The van der Waals surface area contributed by atoms with E-state index in [4.69, 9.17) is 4.74 Å². The molecule has 0 aromatic rings. The number of amides is 3. The van der Waals surface area contributed by atoms with Crippen LogP contribution in [0.2, 0.25) is 0 Å². The van der Waals surface area contributed by atoms with Crippen molar-refractivity contribution >= 4 is 23.7 Å². The van der Waals surface area contributed by atoms with E-state index in [1.54, 1.807) is 0 Å². The zero-order chi connectivity index (χ0) is 24.4. The summed E-state index contributed by atoms with van der Waals surface area (Å²) < 4.78 is 5.77. The Morgan fingerprint density at radius 1 is 0.818 bits per heavy atom. The molecule has 1 saturated heterocycles. The minimum atomic E-state index is -0.778. The van der Waals surface area contributed by atoms with Crippen LogP contribution in [0.15, 0.2) is 0 Å². The zero-order valence-corrected chi connectivity index (χ0v) is 20.8. The summed E-state index contributed by atoms with van der Waals surface area (Å²) in [4.78, 5) is 50.8. The molecule has 5 atom stereocenters. The maximum Gasteiger partial charge on any atom is 0.329 e. The van der Waals surface area contributed by atoms with Crippen molar-refractivity contribution in [2.45, 2.75) is 123 Å². The van der Waals surface area contributed by atoms with Gasteiger partial charge in [-0.15, -0.1) is 0 Å². The third kappa shape index (κ3) is 8.97. The average Bonchev–Trinajstić information content (AvgIpc) is 3.19.